The predicted molar refractivity (Wildman–Crippen MR) is 30.9 cm³/mol. The van der Waals surface area contributed by atoms with Gasteiger partial charge in [-0.1, -0.05) is 0 Å². The fourth-order valence-corrected chi connectivity index (χ4v) is 0.449. The standard InChI is InChI=1S/C5H6N2O2/c1-3(8)4-2-9-5(6)7-4/h2H,1H3,(H2,6,7). The normalized spacial score (nSPS) is 9.44. The number of oxazole rings is 1. The molecule has 0 bridgehead atoms. The molecule has 4 nitrogen and oxygen atoms in total. The molecule has 0 saturated heterocycles. The van der Waals surface area contributed by atoms with E-state index in [0.29, 0.717) is 0 Å². The molecule has 4 heteroatoms. The molecule has 0 amide bonds. The first kappa shape index (κ1) is 5.81. The minimum atomic E-state index is -0.143. The van der Waals surface area contributed by atoms with Crippen molar-refractivity contribution in [3.05, 3.63) is 12.0 Å². The van der Waals surface area contributed by atoms with Crippen molar-refractivity contribution in [2.24, 2.45) is 0 Å². The van der Waals surface area contributed by atoms with Gasteiger partial charge in [0.1, 0.15) is 12.0 Å². The van der Waals surface area contributed by atoms with Gasteiger partial charge in [-0.3, -0.25) is 4.79 Å². The van der Waals surface area contributed by atoms with Crippen LogP contribution in [0, 0.1) is 0 Å². The number of carbonyl (C=O) groups excluding carboxylic acids is 1. The van der Waals surface area contributed by atoms with Crippen molar-refractivity contribution in [2.75, 3.05) is 5.73 Å². The van der Waals surface area contributed by atoms with Gasteiger partial charge >= 0.3 is 0 Å². The highest BCUT2D eigenvalue weighted by Crippen LogP contribution is 2.02. The van der Waals surface area contributed by atoms with Crippen molar-refractivity contribution in [3.8, 4) is 0 Å². The molecule has 0 aromatic carbocycles. The zero-order chi connectivity index (χ0) is 6.85. The summed E-state index contributed by atoms with van der Waals surface area (Å²) in [5.41, 5.74) is 5.36. The minimum absolute atomic E-state index is 0.0280. The van der Waals surface area contributed by atoms with Crippen molar-refractivity contribution in [1.82, 2.24) is 4.98 Å². The molecular weight excluding hydrogens is 120 g/mol. The second-order valence-electron chi connectivity index (χ2n) is 1.63. The SMILES string of the molecule is CC(=O)c1coc(N)n1. The van der Waals surface area contributed by atoms with Gasteiger partial charge in [-0.2, -0.15) is 4.98 Å². The Morgan fingerprint density at radius 1 is 1.89 bits per heavy atom. The van der Waals surface area contributed by atoms with Crippen LogP contribution in [0.5, 0.6) is 0 Å². The van der Waals surface area contributed by atoms with E-state index in [1.54, 1.807) is 0 Å². The van der Waals surface area contributed by atoms with Crippen LogP contribution in [-0.4, -0.2) is 10.8 Å². The minimum Gasteiger partial charge on any atom is -0.432 e. The Morgan fingerprint density at radius 3 is 2.78 bits per heavy atom. The molecule has 0 aliphatic heterocycles. The number of carbonyl (C=O) groups is 1. The number of ketones is 1. The summed E-state index contributed by atoms with van der Waals surface area (Å²) < 4.78 is 4.57. The van der Waals surface area contributed by atoms with Crippen molar-refractivity contribution in [2.45, 2.75) is 6.92 Å². The van der Waals surface area contributed by atoms with Gasteiger partial charge in [0.05, 0.1) is 0 Å². The summed E-state index contributed by atoms with van der Waals surface area (Å²) in [4.78, 5) is 14.1. The molecule has 48 valence electrons. The van der Waals surface area contributed by atoms with Gasteiger partial charge in [0, 0.05) is 6.92 Å². The lowest BCUT2D eigenvalue weighted by Crippen LogP contribution is -1.92. The van der Waals surface area contributed by atoms with Crippen molar-refractivity contribution in [3.63, 3.8) is 0 Å². The molecule has 0 fully saturated rings. The Hall–Kier alpha value is -1.32. The number of hydrogen-bond acceptors (Lipinski definition) is 4. The molecule has 0 atom stereocenters. The van der Waals surface area contributed by atoms with E-state index in [2.05, 4.69) is 9.40 Å². The lowest BCUT2D eigenvalue weighted by atomic mass is 10.4. The van der Waals surface area contributed by atoms with E-state index in [1.165, 1.54) is 13.2 Å². The largest absolute Gasteiger partial charge is 0.432 e. The van der Waals surface area contributed by atoms with E-state index in [9.17, 15) is 4.79 Å². The summed E-state index contributed by atoms with van der Waals surface area (Å²) in [6.45, 7) is 1.40. The first-order chi connectivity index (χ1) is 4.20. The zero-order valence-electron chi connectivity index (χ0n) is 4.92. The Morgan fingerprint density at radius 2 is 2.56 bits per heavy atom. The monoisotopic (exact) mass is 126 g/mol. The smallest absolute Gasteiger partial charge is 0.292 e. The fourth-order valence-electron chi connectivity index (χ4n) is 0.449. The number of anilines is 1. The highest BCUT2D eigenvalue weighted by Gasteiger charge is 2.03. The van der Waals surface area contributed by atoms with E-state index in [4.69, 9.17) is 5.73 Å². The summed E-state index contributed by atoms with van der Waals surface area (Å²) in [5.74, 6) is -0.143. The summed E-state index contributed by atoms with van der Waals surface area (Å²) in [6.07, 6.45) is 1.23. The maximum Gasteiger partial charge on any atom is 0.292 e. The van der Waals surface area contributed by atoms with E-state index in [1.807, 2.05) is 0 Å². The van der Waals surface area contributed by atoms with Crippen molar-refractivity contribution in [1.29, 1.82) is 0 Å². The number of Topliss-reactive ketones (excluding diaryl/α,β-unsaturated/α-hetero) is 1. The van der Waals surface area contributed by atoms with Crippen molar-refractivity contribution < 1.29 is 9.21 Å². The second kappa shape index (κ2) is 1.89. The Bertz CT molecular complexity index is 229. The summed E-state index contributed by atoms with van der Waals surface area (Å²) in [5, 5.41) is 0. The van der Waals surface area contributed by atoms with Gasteiger partial charge < -0.3 is 10.2 Å². The van der Waals surface area contributed by atoms with E-state index in [-0.39, 0.29) is 17.5 Å². The molecule has 0 aliphatic rings. The first-order valence-corrected chi connectivity index (χ1v) is 2.42. The number of aromatic nitrogens is 1. The van der Waals surface area contributed by atoms with Crippen LogP contribution in [0.3, 0.4) is 0 Å². The summed E-state index contributed by atoms with van der Waals surface area (Å²) >= 11 is 0. The van der Waals surface area contributed by atoms with Crippen LogP contribution in [0.2, 0.25) is 0 Å². The van der Waals surface area contributed by atoms with Gasteiger partial charge in [-0.05, 0) is 0 Å². The molecular formula is C5H6N2O2. The molecule has 0 aliphatic carbocycles. The zero-order valence-corrected chi connectivity index (χ0v) is 4.92. The van der Waals surface area contributed by atoms with E-state index >= 15 is 0 Å². The van der Waals surface area contributed by atoms with Crippen LogP contribution < -0.4 is 5.73 Å². The number of rotatable bonds is 1. The van der Waals surface area contributed by atoms with Crippen LogP contribution >= 0.6 is 0 Å². The van der Waals surface area contributed by atoms with Crippen LogP contribution in [0.15, 0.2) is 10.7 Å². The van der Waals surface area contributed by atoms with Crippen molar-refractivity contribution >= 4 is 11.8 Å². The van der Waals surface area contributed by atoms with Gasteiger partial charge in [0.2, 0.25) is 0 Å². The molecule has 0 radical (unpaired) electrons. The number of nitrogens with zero attached hydrogens (tertiary/aromatic N) is 1. The predicted octanol–water partition coefficient (Wildman–Crippen LogP) is 0.459. The molecule has 1 heterocycles. The molecule has 2 N–H and O–H groups in total. The topological polar surface area (TPSA) is 69.1 Å². The van der Waals surface area contributed by atoms with Crippen LogP contribution in [-0.2, 0) is 0 Å². The highest BCUT2D eigenvalue weighted by molar-refractivity contribution is 5.91. The van der Waals surface area contributed by atoms with Gasteiger partial charge in [-0.15, -0.1) is 0 Å². The van der Waals surface area contributed by atoms with E-state index < -0.39 is 0 Å². The Kier molecular flexibility index (Phi) is 1.22. The summed E-state index contributed by atoms with van der Waals surface area (Å²) in [7, 11) is 0. The quantitative estimate of drug-likeness (QED) is 0.555. The Balaban J connectivity index is 2.98. The van der Waals surface area contributed by atoms with E-state index in [0.717, 1.165) is 0 Å². The molecule has 1 aromatic rings. The van der Waals surface area contributed by atoms with Crippen LogP contribution in [0.25, 0.3) is 0 Å². The number of nitrogens with two attached hydrogens (primary N) is 1. The van der Waals surface area contributed by atoms with Crippen LogP contribution in [0.1, 0.15) is 17.4 Å². The Labute approximate surface area is 51.7 Å². The summed E-state index contributed by atoms with van der Waals surface area (Å²) in [6, 6.07) is 0.0280. The number of hydrogen-bond donors (Lipinski definition) is 1. The first-order valence-electron chi connectivity index (χ1n) is 2.42. The third-order valence-electron chi connectivity index (χ3n) is 0.883. The molecule has 1 aromatic heterocycles. The van der Waals surface area contributed by atoms with Gasteiger partial charge in [0.15, 0.2) is 5.78 Å². The lowest BCUT2D eigenvalue weighted by Gasteiger charge is -1.77. The average Bonchev–Trinajstić information content (AvgIpc) is 2.14. The molecule has 0 saturated carbocycles. The highest BCUT2D eigenvalue weighted by atomic mass is 16.4. The molecule has 1 rings (SSSR count). The third kappa shape index (κ3) is 1.07. The second-order valence-corrected chi connectivity index (χ2v) is 1.63. The number of nitrogen functional groups attached to an aromatic ring is 1. The maximum atomic E-state index is 10.5. The van der Waals surface area contributed by atoms with Gasteiger partial charge in [0.25, 0.3) is 6.01 Å². The van der Waals surface area contributed by atoms with Crippen LogP contribution in [0.4, 0.5) is 6.01 Å². The molecule has 0 spiro atoms. The van der Waals surface area contributed by atoms with Gasteiger partial charge in [-0.25, -0.2) is 0 Å². The average molecular weight is 126 g/mol. The molecule has 0 unspecified atom stereocenters. The third-order valence-corrected chi connectivity index (χ3v) is 0.883. The maximum absolute atomic E-state index is 10.5. The fraction of sp³-hybridized carbons (Fsp3) is 0.200. The molecule has 9 heavy (non-hydrogen) atoms. The lowest BCUT2D eigenvalue weighted by molar-refractivity contribution is 0.101.